The van der Waals surface area contributed by atoms with Crippen molar-refractivity contribution in [3.8, 4) is 0 Å². The van der Waals surface area contributed by atoms with Crippen molar-refractivity contribution >= 4 is 5.69 Å². The highest BCUT2D eigenvalue weighted by molar-refractivity contribution is 5.48. The molecule has 1 aliphatic rings. The van der Waals surface area contributed by atoms with Gasteiger partial charge in [0, 0.05) is 23.6 Å². The summed E-state index contributed by atoms with van der Waals surface area (Å²) in [7, 11) is 0. The number of nitrogen functional groups attached to an aromatic ring is 1. The predicted octanol–water partition coefficient (Wildman–Crippen LogP) is 1.92. The summed E-state index contributed by atoms with van der Waals surface area (Å²) in [4.78, 5) is 4.02. The van der Waals surface area contributed by atoms with Crippen LogP contribution in [0.1, 0.15) is 32.3 Å². The van der Waals surface area contributed by atoms with E-state index in [-0.39, 0.29) is 0 Å². The van der Waals surface area contributed by atoms with Crippen LogP contribution in [0.5, 0.6) is 0 Å². The van der Waals surface area contributed by atoms with Gasteiger partial charge in [0.1, 0.15) is 0 Å². The molecule has 3 heteroatoms. The summed E-state index contributed by atoms with van der Waals surface area (Å²) < 4.78 is 0. The van der Waals surface area contributed by atoms with E-state index in [9.17, 15) is 5.11 Å². The molecule has 2 rings (SSSR count). The largest absolute Gasteiger partial charge is 0.398 e. The van der Waals surface area contributed by atoms with Crippen molar-refractivity contribution < 1.29 is 5.11 Å². The first-order valence-electron chi connectivity index (χ1n) is 5.45. The molecule has 0 atom stereocenters. The van der Waals surface area contributed by atoms with Crippen molar-refractivity contribution in [3.63, 3.8) is 0 Å². The van der Waals surface area contributed by atoms with Gasteiger partial charge in [-0.1, -0.05) is 13.8 Å². The van der Waals surface area contributed by atoms with Gasteiger partial charge in [0.25, 0.3) is 0 Å². The number of pyridine rings is 1. The van der Waals surface area contributed by atoms with Gasteiger partial charge in [0.05, 0.1) is 5.60 Å². The Hall–Kier alpha value is -1.09. The quantitative estimate of drug-likeness (QED) is 0.777. The number of anilines is 1. The van der Waals surface area contributed by atoms with E-state index in [2.05, 4.69) is 18.8 Å². The van der Waals surface area contributed by atoms with Gasteiger partial charge in [-0.2, -0.15) is 0 Å². The predicted molar refractivity (Wildman–Crippen MR) is 60.1 cm³/mol. The maximum Gasteiger partial charge on any atom is 0.0936 e. The molecule has 0 bridgehead atoms. The summed E-state index contributed by atoms with van der Waals surface area (Å²) in [5, 5.41) is 10.4. The molecule has 0 spiro atoms. The Bertz CT molecular complexity index is 356. The van der Waals surface area contributed by atoms with Gasteiger partial charge in [0.15, 0.2) is 0 Å². The molecule has 1 aromatic heterocycles. The van der Waals surface area contributed by atoms with Crippen molar-refractivity contribution in [3.05, 3.63) is 24.0 Å². The molecular formula is C12H18N2O. The fourth-order valence-corrected chi connectivity index (χ4v) is 2.29. The zero-order chi connectivity index (χ0) is 11.1. The first-order chi connectivity index (χ1) is 7.03. The van der Waals surface area contributed by atoms with Gasteiger partial charge in [-0.25, -0.2) is 0 Å². The van der Waals surface area contributed by atoms with Crippen molar-refractivity contribution in [2.45, 2.75) is 32.3 Å². The summed E-state index contributed by atoms with van der Waals surface area (Å²) in [5.41, 5.74) is 6.55. The number of rotatable bonds is 2. The topological polar surface area (TPSA) is 59.1 Å². The summed E-state index contributed by atoms with van der Waals surface area (Å²) in [6.45, 7) is 4.38. The molecule has 1 aromatic rings. The van der Waals surface area contributed by atoms with Crippen molar-refractivity contribution in [2.75, 3.05) is 5.73 Å². The average molecular weight is 206 g/mol. The Labute approximate surface area is 90.3 Å². The minimum absolute atomic E-state index is 0.606. The molecule has 15 heavy (non-hydrogen) atoms. The maximum absolute atomic E-state index is 10.4. The van der Waals surface area contributed by atoms with Crippen molar-refractivity contribution in [2.24, 2.45) is 11.8 Å². The molecule has 0 unspecified atom stereocenters. The summed E-state index contributed by atoms with van der Waals surface area (Å²) in [5.74, 6) is 1.23. The second-order valence-corrected chi connectivity index (χ2v) is 4.91. The molecule has 1 heterocycles. The first kappa shape index (κ1) is 10.4. The maximum atomic E-state index is 10.4. The standard InChI is InChI=1S/C12H18N2O/c1-8(2)9-5-12(15,6-9)10-7-14-4-3-11(10)13/h3-4,7-9,15H,5-6H2,1-2H3,(H2,13,14). The lowest BCUT2D eigenvalue weighted by Crippen LogP contribution is -2.43. The molecule has 82 valence electrons. The molecule has 1 fully saturated rings. The Kier molecular flexibility index (Phi) is 2.43. The first-order valence-corrected chi connectivity index (χ1v) is 5.45. The number of nitrogens with zero attached hydrogens (tertiary/aromatic N) is 1. The third-order valence-corrected chi connectivity index (χ3v) is 3.50. The fraction of sp³-hybridized carbons (Fsp3) is 0.583. The van der Waals surface area contributed by atoms with Crippen molar-refractivity contribution in [1.82, 2.24) is 4.98 Å². The van der Waals surface area contributed by atoms with Gasteiger partial charge in [-0.15, -0.1) is 0 Å². The molecule has 3 N–H and O–H groups in total. The highest BCUT2D eigenvalue weighted by atomic mass is 16.3. The lowest BCUT2D eigenvalue weighted by molar-refractivity contribution is -0.0930. The van der Waals surface area contributed by atoms with E-state index in [0.29, 0.717) is 17.5 Å². The van der Waals surface area contributed by atoms with Crippen LogP contribution in [0.4, 0.5) is 5.69 Å². The van der Waals surface area contributed by atoms with Crippen LogP contribution >= 0.6 is 0 Å². The average Bonchev–Trinajstić information content (AvgIpc) is 2.13. The Morgan fingerprint density at radius 1 is 1.53 bits per heavy atom. The summed E-state index contributed by atoms with van der Waals surface area (Å²) in [6, 6.07) is 1.75. The molecule has 1 saturated carbocycles. The van der Waals surface area contributed by atoms with Crippen molar-refractivity contribution in [1.29, 1.82) is 0 Å². The van der Waals surface area contributed by atoms with Crippen LogP contribution in [0.25, 0.3) is 0 Å². The number of hydrogen-bond donors (Lipinski definition) is 2. The van der Waals surface area contributed by atoms with Crippen LogP contribution in [0.2, 0.25) is 0 Å². The van der Waals surface area contributed by atoms with Crippen LogP contribution in [0.15, 0.2) is 18.5 Å². The molecule has 0 saturated heterocycles. The number of aliphatic hydroxyl groups is 1. The Morgan fingerprint density at radius 3 is 2.73 bits per heavy atom. The molecular weight excluding hydrogens is 188 g/mol. The SMILES string of the molecule is CC(C)C1CC(O)(c2cnccc2N)C1. The number of nitrogens with two attached hydrogens (primary N) is 1. The molecule has 0 amide bonds. The van der Waals surface area contributed by atoms with Crippen LogP contribution in [-0.2, 0) is 5.60 Å². The molecule has 0 aromatic carbocycles. The second-order valence-electron chi connectivity index (χ2n) is 4.91. The van der Waals surface area contributed by atoms with Crippen LogP contribution in [-0.4, -0.2) is 10.1 Å². The highest BCUT2D eigenvalue weighted by Crippen LogP contribution is 2.49. The number of aromatic nitrogens is 1. The minimum Gasteiger partial charge on any atom is -0.398 e. The zero-order valence-corrected chi connectivity index (χ0v) is 9.27. The third-order valence-electron chi connectivity index (χ3n) is 3.50. The second kappa shape index (κ2) is 3.49. The monoisotopic (exact) mass is 206 g/mol. The van der Waals surface area contributed by atoms with E-state index < -0.39 is 5.60 Å². The third kappa shape index (κ3) is 1.72. The molecule has 0 aliphatic heterocycles. The molecule has 0 radical (unpaired) electrons. The molecule has 1 aliphatic carbocycles. The normalized spacial score (nSPS) is 30.3. The van der Waals surface area contributed by atoms with Gasteiger partial charge >= 0.3 is 0 Å². The zero-order valence-electron chi connectivity index (χ0n) is 9.27. The van der Waals surface area contributed by atoms with E-state index in [0.717, 1.165) is 18.4 Å². The van der Waals surface area contributed by atoms with E-state index >= 15 is 0 Å². The van der Waals surface area contributed by atoms with Gasteiger partial charge in [-0.05, 0) is 30.7 Å². The highest BCUT2D eigenvalue weighted by Gasteiger charge is 2.45. The van der Waals surface area contributed by atoms with Crippen LogP contribution in [0.3, 0.4) is 0 Å². The van der Waals surface area contributed by atoms with E-state index in [4.69, 9.17) is 5.73 Å². The Morgan fingerprint density at radius 2 is 2.20 bits per heavy atom. The number of hydrogen-bond acceptors (Lipinski definition) is 3. The smallest absolute Gasteiger partial charge is 0.0936 e. The fourth-order valence-electron chi connectivity index (χ4n) is 2.29. The van der Waals surface area contributed by atoms with E-state index in [1.165, 1.54) is 0 Å². The molecule has 3 nitrogen and oxygen atoms in total. The van der Waals surface area contributed by atoms with Crippen LogP contribution in [0, 0.1) is 11.8 Å². The Balaban J connectivity index is 2.17. The van der Waals surface area contributed by atoms with Gasteiger partial charge < -0.3 is 10.8 Å². The lowest BCUT2D eigenvalue weighted by Gasteiger charge is -2.46. The lowest BCUT2D eigenvalue weighted by atomic mass is 9.63. The van der Waals surface area contributed by atoms with Gasteiger partial charge in [0.2, 0.25) is 0 Å². The summed E-state index contributed by atoms with van der Waals surface area (Å²) >= 11 is 0. The summed E-state index contributed by atoms with van der Waals surface area (Å²) in [6.07, 6.45) is 4.95. The minimum atomic E-state index is -0.729. The van der Waals surface area contributed by atoms with Crippen LogP contribution < -0.4 is 5.73 Å². The van der Waals surface area contributed by atoms with Gasteiger partial charge in [-0.3, -0.25) is 4.98 Å². The van der Waals surface area contributed by atoms with E-state index in [1.54, 1.807) is 18.5 Å². The van der Waals surface area contributed by atoms with E-state index in [1.807, 2.05) is 0 Å².